The molecule has 9 nitrogen and oxygen atoms in total. The van der Waals surface area contributed by atoms with E-state index in [4.69, 9.17) is 9.47 Å². The molecule has 0 bridgehead atoms. The number of aromatic nitrogens is 2. The van der Waals surface area contributed by atoms with Crippen LogP contribution in [0, 0.1) is 6.92 Å². The van der Waals surface area contributed by atoms with E-state index in [-0.39, 0.29) is 19.6 Å². The van der Waals surface area contributed by atoms with Crippen molar-refractivity contribution in [1.82, 2.24) is 9.55 Å². The lowest BCUT2D eigenvalue weighted by molar-refractivity contribution is -0.134. The molecule has 0 aliphatic rings. The topological polar surface area (TPSA) is 131 Å². The number of hydrogen-bond donors (Lipinski definition) is 3. The molecule has 0 aliphatic carbocycles. The first kappa shape index (κ1) is 18.8. The summed E-state index contributed by atoms with van der Waals surface area (Å²) in [7, 11) is -4.46. The van der Waals surface area contributed by atoms with E-state index in [1.807, 2.05) is 0 Å². The molecule has 1 heterocycles. The Labute approximate surface area is 127 Å². The molecule has 0 aromatic carbocycles. The van der Waals surface area contributed by atoms with E-state index in [0.29, 0.717) is 5.56 Å². The minimum absolute atomic E-state index is 0.120. The van der Waals surface area contributed by atoms with Crippen LogP contribution in [0.1, 0.15) is 32.3 Å². The Morgan fingerprint density at radius 1 is 1.32 bits per heavy atom. The van der Waals surface area contributed by atoms with Crippen LogP contribution in [0.25, 0.3) is 0 Å². The number of aryl methyl sites for hydroxylation is 1. The number of nitrogens with zero attached hydrogens (tertiary/aromatic N) is 1. The summed E-state index contributed by atoms with van der Waals surface area (Å²) in [5.74, 6) is 0. The zero-order chi connectivity index (χ0) is 17.0. The van der Waals surface area contributed by atoms with Gasteiger partial charge in [-0.3, -0.25) is 18.9 Å². The van der Waals surface area contributed by atoms with Crippen molar-refractivity contribution in [2.45, 2.75) is 45.7 Å². The molecule has 10 heteroatoms. The van der Waals surface area contributed by atoms with Gasteiger partial charge in [0, 0.05) is 11.8 Å². The predicted molar refractivity (Wildman–Crippen MR) is 78.5 cm³/mol. The van der Waals surface area contributed by atoms with Crippen LogP contribution in [0.2, 0.25) is 0 Å². The van der Waals surface area contributed by atoms with Crippen molar-refractivity contribution < 1.29 is 23.8 Å². The van der Waals surface area contributed by atoms with Crippen LogP contribution in [-0.2, 0) is 20.8 Å². The maximum atomic E-state index is 11.5. The first-order valence-corrected chi connectivity index (χ1v) is 8.35. The van der Waals surface area contributed by atoms with Crippen molar-refractivity contribution in [1.29, 1.82) is 0 Å². The van der Waals surface area contributed by atoms with E-state index in [1.54, 1.807) is 13.8 Å². The molecule has 0 atom stereocenters. The third-order valence-corrected chi connectivity index (χ3v) is 5.29. The molecular formula is C12H21N2O7P. The number of hydrogen-bond acceptors (Lipinski definition) is 5. The normalized spacial score (nSPS) is 12.6. The average Bonchev–Trinajstić information content (AvgIpc) is 2.43. The van der Waals surface area contributed by atoms with E-state index in [2.05, 4.69) is 4.98 Å². The molecule has 1 aromatic heterocycles. The molecule has 0 radical (unpaired) electrons. The molecule has 0 saturated carbocycles. The predicted octanol–water partition coefficient (Wildman–Crippen LogP) is 0.487. The van der Waals surface area contributed by atoms with Crippen LogP contribution in [0.4, 0.5) is 0 Å². The third kappa shape index (κ3) is 4.15. The summed E-state index contributed by atoms with van der Waals surface area (Å²) in [5.41, 5.74) is -0.770. The number of aromatic amines is 1. The van der Waals surface area contributed by atoms with Gasteiger partial charge in [0.15, 0.2) is 12.1 Å². The Morgan fingerprint density at radius 2 is 1.91 bits per heavy atom. The monoisotopic (exact) mass is 336 g/mol. The second-order valence-electron chi connectivity index (χ2n) is 4.83. The molecule has 22 heavy (non-hydrogen) atoms. The molecule has 3 N–H and O–H groups in total. The number of H-pyrrole nitrogens is 1. The van der Waals surface area contributed by atoms with Crippen molar-refractivity contribution in [3.8, 4) is 0 Å². The van der Waals surface area contributed by atoms with Crippen molar-refractivity contribution in [3.05, 3.63) is 32.6 Å². The van der Waals surface area contributed by atoms with Crippen LogP contribution < -0.4 is 11.2 Å². The van der Waals surface area contributed by atoms with Gasteiger partial charge in [-0.1, -0.05) is 13.8 Å². The van der Waals surface area contributed by atoms with E-state index < -0.39 is 31.0 Å². The van der Waals surface area contributed by atoms with Gasteiger partial charge in [-0.2, -0.15) is 0 Å². The fraction of sp³-hybridized carbons (Fsp3) is 0.667. The Kier molecular flexibility index (Phi) is 6.27. The fourth-order valence-electron chi connectivity index (χ4n) is 1.95. The van der Waals surface area contributed by atoms with Gasteiger partial charge in [0.2, 0.25) is 0 Å². The van der Waals surface area contributed by atoms with Crippen LogP contribution in [-0.4, -0.2) is 31.5 Å². The zero-order valence-electron chi connectivity index (χ0n) is 12.7. The second kappa shape index (κ2) is 7.34. The number of nitrogens with one attached hydrogen (secondary N) is 1. The first-order valence-electron chi connectivity index (χ1n) is 6.74. The highest BCUT2D eigenvalue weighted by Gasteiger charge is 2.45. The van der Waals surface area contributed by atoms with Gasteiger partial charge in [0.25, 0.3) is 5.56 Å². The highest BCUT2D eigenvalue weighted by atomic mass is 31.2. The average molecular weight is 336 g/mol. The van der Waals surface area contributed by atoms with Crippen LogP contribution >= 0.6 is 7.60 Å². The summed E-state index contributed by atoms with van der Waals surface area (Å²) in [6.07, 6.45) is 1.57. The molecule has 0 saturated heterocycles. The van der Waals surface area contributed by atoms with Gasteiger partial charge in [-0.25, -0.2) is 4.79 Å². The molecule has 0 spiro atoms. The Balaban J connectivity index is 2.69. The van der Waals surface area contributed by atoms with Gasteiger partial charge in [0.05, 0.1) is 0 Å². The molecule has 0 fully saturated rings. The van der Waals surface area contributed by atoms with Crippen molar-refractivity contribution >= 4 is 7.60 Å². The van der Waals surface area contributed by atoms with Gasteiger partial charge < -0.3 is 19.3 Å². The quantitative estimate of drug-likeness (QED) is 0.357. The van der Waals surface area contributed by atoms with E-state index in [0.717, 1.165) is 4.57 Å². The van der Waals surface area contributed by atoms with Crippen LogP contribution in [0.5, 0.6) is 0 Å². The molecule has 0 amide bonds. The van der Waals surface area contributed by atoms with Gasteiger partial charge in [-0.05, 0) is 19.8 Å². The van der Waals surface area contributed by atoms with Crippen LogP contribution in [0.15, 0.2) is 15.8 Å². The molecule has 1 aromatic rings. The van der Waals surface area contributed by atoms with Gasteiger partial charge >= 0.3 is 13.3 Å². The first-order chi connectivity index (χ1) is 10.2. The summed E-state index contributed by atoms with van der Waals surface area (Å²) >= 11 is 0. The van der Waals surface area contributed by atoms with Crippen molar-refractivity contribution in [2.75, 3.05) is 6.79 Å². The second-order valence-corrected chi connectivity index (χ2v) is 6.74. The van der Waals surface area contributed by atoms with Gasteiger partial charge in [-0.15, -0.1) is 0 Å². The summed E-state index contributed by atoms with van der Waals surface area (Å²) in [6.45, 7) is 4.16. The molecule has 126 valence electrons. The van der Waals surface area contributed by atoms with E-state index in [9.17, 15) is 23.9 Å². The summed E-state index contributed by atoms with van der Waals surface area (Å²) in [6, 6.07) is 0. The highest BCUT2D eigenvalue weighted by Crippen LogP contribution is 2.55. The van der Waals surface area contributed by atoms with E-state index >= 15 is 0 Å². The minimum atomic E-state index is -4.46. The molecular weight excluding hydrogens is 315 g/mol. The number of rotatable bonds is 8. The maximum Gasteiger partial charge on any atom is 0.357 e. The summed E-state index contributed by atoms with van der Waals surface area (Å²) in [5, 5.41) is -1.60. The highest BCUT2D eigenvalue weighted by molar-refractivity contribution is 7.53. The summed E-state index contributed by atoms with van der Waals surface area (Å²) in [4.78, 5) is 43.6. The maximum absolute atomic E-state index is 11.5. The van der Waals surface area contributed by atoms with Crippen molar-refractivity contribution in [2.24, 2.45) is 0 Å². The Bertz CT molecular complexity index is 656. The zero-order valence-corrected chi connectivity index (χ0v) is 13.6. The summed E-state index contributed by atoms with van der Waals surface area (Å²) < 4.78 is 23.0. The lowest BCUT2D eigenvalue weighted by Gasteiger charge is -2.32. The largest absolute Gasteiger partial charge is 0.357 e. The third-order valence-electron chi connectivity index (χ3n) is 3.47. The standard InChI is InChI=1S/C12H21N2O7P/c1-4-12(5-2,22(17,18)19)21-8-20-7-14-6-9(3)10(15)13-11(14)16/h6H,4-5,7-8H2,1-3H3,(H,13,15,16)(H2,17,18,19). The molecule has 0 aliphatic heterocycles. The lowest BCUT2D eigenvalue weighted by Crippen LogP contribution is -2.34. The van der Waals surface area contributed by atoms with E-state index in [1.165, 1.54) is 13.1 Å². The van der Waals surface area contributed by atoms with Crippen molar-refractivity contribution in [3.63, 3.8) is 0 Å². The lowest BCUT2D eigenvalue weighted by atomic mass is 10.2. The fourth-order valence-corrected chi connectivity index (χ4v) is 3.00. The SMILES string of the molecule is CCC(CC)(OCOCn1cc(C)c(=O)[nH]c1=O)P(=O)(O)O. The molecule has 1 rings (SSSR count). The Hall–Kier alpha value is -1.25. The van der Waals surface area contributed by atoms with Crippen LogP contribution in [0.3, 0.4) is 0 Å². The van der Waals surface area contributed by atoms with Gasteiger partial charge in [0.1, 0.15) is 6.73 Å². The Morgan fingerprint density at radius 3 is 2.41 bits per heavy atom. The number of ether oxygens (including phenoxy) is 2. The minimum Gasteiger partial charge on any atom is -0.336 e. The smallest absolute Gasteiger partial charge is 0.336 e. The molecule has 0 unspecified atom stereocenters.